The Hall–Kier alpha value is -7.15. The van der Waals surface area contributed by atoms with E-state index in [1.165, 1.54) is 82.3 Å². The van der Waals surface area contributed by atoms with Crippen LogP contribution in [-0.2, 0) is 6.42 Å². The molecular formula is C53H37N3. The minimum atomic E-state index is 0.679. The SMILES string of the molecule is Cc1ccccc1C1=Cc2c(n(-c3ccc(C#N)c(C)c3-n3c4ccc(-c5ccccc5)cc4c4c5ccccc5ccc43)c3ccc4ccccc4c23)CC1. The predicted octanol–water partition coefficient (Wildman–Crippen LogP) is 13.7. The maximum atomic E-state index is 10.6. The number of rotatable bonds is 4. The van der Waals surface area contributed by atoms with E-state index in [2.05, 4.69) is 187 Å². The first kappa shape index (κ1) is 32.3. The summed E-state index contributed by atoms with van der Waals surface area (Å²) in [4.78, 5) is 0. The summed E-state index contributed by atoms with van der Waals surface area (Å²) >= 11 is 0. The third-order valence-electron chi connectivity index (χ3n) is 12.2. The molecule has 3 heteroatoms. The lowest BCUT2D eigenvalue weighted by Gasteiger charge is -2.23. The van der Waals surface area contributed by atoms with Crippen LogP contribution in [0.3, 0.4) is 0 Å². The van der Waals surface area contributed by atoms with Crippen molar-refractivity contribution in [2.75, 3.05) is 0 Å². The zero-order valence-corrected chi connectivity index (χ0v) is 31.3. The number of benzene rings is 8. The maximum Gasteiger partial charge on any atom is 0.0995 e. The Morgan fingerprint density at radius 2 is 1.20 bits per heavy atom. The average molecular weight is 716 g/mol. The first-order valence-corrected chi connectivity index (χ1v) is 19.5. The van der Waals surface area contributed by atoms with Crippen molar-refractivity contribution in [2.24, 2.45) is 0 Å². The first-order valence-electron chi connectivity index (χ1n) is 19.5. The van der Waals surface area contributed by atoms with Crippen molar-refractivity contribution in [3.63, 3.8) is 0 Å². The highest BCUT2D eigenvalue weighted by molar-refractivity contribution is 6.22. The van der Waals surface area contributed by atoms with Gasteiger partial charge in [-0.1, -0.05) is 121 Å². The molecule has 0 spiro atoms. The van der Waals surface area contributed by atoms with Crippen molar-refractivity contribution < 1.29 is 0 Å². The lowest BCUT2D eigenvalue weighted by atomic mass is 9.88. The van der Waals surface area contributed by atoms with Gasteiger partial charge >= 0.3 is 0 Å². The molecule has 8 aromatic carbocycles. The molecule has 0 amide bonds. The van der Waals surface area contributed by atoms with Crippen molar-refractivity contribution in [2.45, 2.75) is 26.7 Å². The Labute approximate surface area is 325 Å². The summed E-state index contributed by atoms with van der Waals surface area (Å²) in [5, 5.41) is 19.2. The molecule has 2 aromatic heterocycles. The monoisotopic (exact) mass is 715 g/mol. The van der Waals surface area contributed by atoms with Crippen LogP contribution >= 0.6 is 0 Å². The number of nitrogens with zero attached hydrogens (tertiary/aromatic N) is 3. The summed E-state index contributed by atoms with van der Waals surface area (Å²) in [6.45, 7) is 4.34. The topological polar surface area (TPSA) is 33.6 Å². The Balaban J connectivity index is 1.27. The summed E-state index contributed by atoms with van der Waals surface area (Å²) in [6.07, 6.45) is 4.30. The van der Waals surface area contributed by atoms with Gasteiger partial charge in [0.2, 0.25) is 0 Å². The second kappa shape index (κ2) is 12.4. The van der Waals surface area contributed by atoms with Crippen molar-refractivity contribution in [1.82, 2.24) is 9.13 Å². The standard InChI is InChI=1S/C53H37N3/c1-33-12-6-9-17-41(33)39-23-26-46-45(31-39)51-42-18-10-7-15-36(42)20-27-48(51)55(46)50-29-24-40(32-54)34(2)53(50)56-47-25-22-38(35-13-4-3-5-14-35)30-44(47)52-43-19-11-8-16-37(43)21-28-49(52)56/h3-22,24-25,27-31H,23,26H2,1-2H3. The quantitative estimate of drug-likeness (QED) is 0.179. The second-order valence-corrected chi connectivity index (χ2v) is 15.2. The molecule has 0 unspecified atom stereocenters. The number of nitriles is 1. The molecule has 0 aliphatic heterocycles. The van der Waals surface area contributed by atoms with Gasteiger partial charge in [-0.3, -0.25) is 0 Å². The number of allylic oxidation sites excluding steroid dienone is 1. The van der Waals surface area contributed by atoms with Crippen molar-refractivity contribution >= 4 is 65.9 Å². The van der Waals surface area contributed by atoms with Crippen molar-refractivity contribution in [3.8, 4) is 28.6 Å². The molecule has 1 aliphatic rings. The third-order valence-corrected chi connectivity index (χ3v) is 12.2. The van der Waals surface area contributed by atoms with Crippen LogP contribution in [0.5, 0.6) is 0 Å². The Morgan fingerprint density at radius 3 is 1.95 bits per heavy atom. The molecule has 10 aromatic rings. The van der Waals surface area contributed by atoms with Gasteiger partial charge in [0.05, 0.1) is 39.6 Å². The molecule has 0 bridgehead atoms. The summed E-state index contributed by atoms with van der Waals surface area (Å²) in [6, 6.07) is 59.6. The Kier molecular flexibility index (Phi) is 7.18. The largest absolute Gasteiger partial charge is 0.311 e. The number of hydrogen-bond donors (Lipinski definition) is 0. The fraction of sp³-hybridized carbons (Fsp3) is 0.0755. The van der Waals surface area contributed by atoms with Gasteiger partial charge in [-0.15, -0.1) is 0 Å². The van der Waals surface area contributed by atoms with Crippen molar-refractivity contribution in [1.29, 1.82) is 5.26 Å². The fourth-order valence-corrected chi connectivity index (χ4v) is 9.57. The van der Waals surface area contributed by atoms with E-state index in [4.69, 9.17) is 0 Å². The highest BCUT2D eigenvalue weighted by Crippen LogP contribution is 2.46. The van der Waals surface area contributed by atoms with Crippen LogP contribution in [0.4, 0.5) is 0 Å². The highest BCUT2D eigenvalue weighted by Gasteiger charge is 2.27. The Bertz CT molecular complexity index is 3330. The van der Waals surface area contributed by atoms with Crippen LogP contribution in [0, 0.1) is 25.2 Å². The maximum absolute atomic E-state index is 10.6. The molecule has 0 atom stereocenters. The molecule has 3 nitrogen and oxygen atoms in total. The molecule has 0 saturated heterocycles. The fourth-order valence-electron chi connectivity index (χ4n) is 9.57. The first-order chi connectivity index (χ1) is 27.6. The summed E-state index contributed by atoms with van der Waals surface area (Å²) in [5.41, 5.74) is 16.1. The van der Waals surface area contributed by atoms with E-state index in [1.54, 1.807) is 0 Å². The smallest absolute Gasteiger partial charge is 0.0995 e. The second-order valence-electron chi connectivity index (χ2n) is 15.2. The van der Waals surface area contributed by atoms with Crippen LogP contribution in [0.25, 0.3) is 88.4 Å². The van der Waals surface area contributed by atoms with E-state index in [0.717, 1.165) is 40.8 Å². The zero-order valence-electron chi connectivity index (χ0n) is 31.3. The van der Waals surface area contributed by atoms with Gasteiger partial charge in [0.25, 0.3) is 0 Å². The molecule has 0 saturated carbocycles. The van der Waals surface area contributed by atoms with Crippen LogP contribution < -0.4 is 0 Å². The van der Waals surface area contributed by atoms with Gasteiger partial charge in [0.1, 0.15) is 0 Å². The molecule has 264 valence electrons. The lowest BCUT2D eigenvalue weighted by molar-refractivity contribution is 0.890. The molecule has 1 aliphatic carbocycles. The van der Waals surface area contributed by atoms with E-state index in [1.807, 2.05) is 6.07 Å². The van der Waals surface area contributed by atoms with E-state index in [0.29, 0.717) is 5.56 Å². The Morgan fingerprint density at radius 1 is 0.536 bits per heavy atom. The molecule has 56 heavy (non-hydrogen) atoms. The summed E-state index contributed by atoms with van der Waals surface area (Å²) in [7, 11) is 0. The lowest BCUT2D eigenvalue weighted by Crippen LogP contribution is -2.11. The van der Waals surface area contributed by atoms with Gasteiger partial charge < -0.3 is 9.13 Å². The molecule has 2 heterocycles. The number of hydrogen-bond acceptors (Lipinski definition) is 1. The minimum absolute atomic E-state index is 0.679. The summed E-state index contributed by atoms with van der Waals surface area (Å²) < 4.78 is 4.96. The predicted molar refractivity (Wildman–Crippen MR) is 235 cm³/mol. The van der Waals surface area contributed by atoms with Gasteiger partial charge in [-0.2, -0.15) is 5.26 Å². The molecular weight excluding hydrogens is 679 g/mol. The summed E-state index contributed by atoms with van der Waals surface area (Å²) in [5.74, 6) is 0. The van der Waals surface area contributed by atoms with Crippen LogP contribution in [0.1, 0.15) is 39.9 Å². The minimum Gasteiger partial charge on any atom is -0.311 e. The van der Waals surface area contributed by atoms with Crippen LogP contribution in [-0.4, -0.2) is 9.13 Å². The van der Waals surface area contributed by atoms with E-state index in [-0.39, 0.29) is 0 Å². The number of aromatic nitrogens is 2. The molecule has 0 radical (unpaired) electrons. The zero-order chi connectivity index (χ0) is 37.5. The van der Waals surface area contributed by atoms with Crippen LogP contribution in [0.2, 0.25) is 0 Å². The normalized spacial score (nSPS) is 12.8. The van der Waals surface area contributed by atoms with Gasteiger partial charge in [-0.05, 0) is 124 Å². The van der Waals surface area contributed by atoms with Gasteiger partial charge in [0, 0.05) is 27.4 Å². The van der Waals surface area contributed by atoms with E-state index < -0.39 is 0 Å². The van der Waals surface area contributed by atoms with Crippen molar-refractivity contribution in [3.05, 3.63) is 191 Å². The van der Waals surface area contributed by atoms with Gasteiger partial charge in [-0.25, -0.2) is 0 Å². The van der Waals surface area contributed by atoms with Crippen LogP contribution in [0.15, 0.2) is 158 Å². The molecule has 0 N–H and O–H groups in total. The third kappa shape index (κ3) is 4.69. The van der Waals surface area contributed by atoms with Gasteiger partial charge in [0.15, 0.2) is 0 Å². The van der Waals surface area contributed by atoms with E-state index >= 15 is 0 Å². The number of fused-ring (bicyclic) bond motifs is 10. The van der Waals surface area contributed by atoms with E-state index in [9.17, 15) is 5.26 Å². The highest BCUT2D eigenvalue weighted by atomic mass is 15.1. The average Bonchev–Trinajstić information content (AvgIpc) is 3.76. The number of aryl methyl sites for hydroxylation is 1. The molecule has 0 fully saturated rings. The molecule has 11 rings (SSSR count).